The highest BCUT2D eigenvalue weighted by Crippen LogP contribution is 2.45. The van der Waals surface area contributed by atoms with Crippen molar-refractivity contribution in [3.8, 4) is 5.75 Å². The molecule has 168 valence electrons. The highest BCUT2D eigenvalue weighted by molar-refractivity contribution is 7.22. The normalized spacial score (nSPS) is 17.3. The van der Waals surface area contributed by atoms with E-state index in [0.717, 1.165) is 4.70 Å². The Morgan fingerprint density at radius 1 is 1.15 bits per heavy atom. The van der Waals surface area contributed by atoms with E-state index in [2.05, 4.69) is 15.1 Å². The number of ketones is 1. The van der Waals surface area contributed by atoms with Crippen LogP contribution in [0.25, 0.3) is 16.0 Å². The summed E-state index contributed by atoms with van der Waals surface area (Å²) in [6.07, 6.45) is 2.93. The first-order valence-corrected chi connectivity index (χ1v) is 10.9. The monoisotopic (exact) mass is 472 g/mol. The van der Waals surface area contributed by atoms with Crippen molar-refractivity contribution < 1.29 is 19.4 Å². The Bertz CT molecular complexity index is 1480. The van der Waals surface area contributed by atoms with Gasteiger partial charge in [-0.3, -0.25) is 19.5 Å². The van der Waals surface area contributed by atoms with E-state index in [4.69, 9.17) is 4.74 Å². The van der Waals surface area contributed by atoms with Gasteiger partial charge in [0.25, 0.3) is 5.78 Å². The van der Waals surface area contributed by atoms with Crippen molar-refractivity contribution in [2.45, 2.75) is 6.04 Å². The van der Waals surface area contributed by atoms with Crippen LogP contribution in [0.3, 0.4) is 0 Å². The third kappa shape index (κ3) is 3.50. The largest absolute Gasteiger partial charge is 0.507 e. The number of aliphatic hydroxyl groups is 1. The van der Waals surface area contributed by atoms with Gasteiger partial charge in [-0.15, -0.1) is 4.91 Å². The highest BCUT2D eigenvalue weighted by atomic mass is 32.1. The molecule has 0 aliphatic carbocycles. The SMILES string of the molecule is COc1ccc2nc(N3C(=O)C(=O)/C(=C(/O)c4cccnc4)C3c3cccc(N=O)c3)sc2c1. The molecule has 1 unspecified atom stereocenters. The summed E-state index contributed by atoms with van der Waals surface area (Å²) in [7, 11) is 1.55. The number of benzene rings is 2. The van der Waals surface area contributed by atoms with Crippen LogP contribution in [0.15, 0.2) is 77.7 Å². The van der Waals surface area contributed by atoms with Gasteiger partial charge in [-0.1, -0.05) is 23.5 Å². The van der Waals surface area contributed by atoms with Gasteiger partial charge in [-0.2, -0.15) is 0 Å². The van der Waals surface area contributed by atoms with Crippen molar-refractivity contribution in [1.29, 1.82) is 0 Å². The Hall–Kier alpha value is -4.44. The summed E-state index contributed by atoms with van der Waals surface area (Å²) in [6, 6.07) is 13.7. The molecule has 1 aliphatic rings. The van der Waals surface area contributed by atoms with E-state index in [1.165, 1.54) is 40.8 Å². The quantitative estimate of drug-likeness (QED) is 0.193. The zero-order valence-electron chi connectivity index (χ0n) is 17.7. The van der Waals surface area contributed by atoms with Gasteiger partial charge in [-0.25, -0.2) is 4.98 Å². The Labute approximate surface area is 196 Å². The fraction of sp³-hybridized carbons (Fsp3) is 0.0833. The molecule has 10 heteroatoms. The van der Waals surface area contributed by atoms with Crippen molar-refractivity contribution in [3.05, 3.63) is 88.6 Å². The number of nitroso groups, excluding NO2 is 1. The fourth-order valence-corrected chi connectivity index (χ4v) is 4.90. The molecule has 0 saturated carbocycles. The number of methoxy groups -OCH3 is 1. The molecule has 1 saturated heterocycles. The molecular weight excluding hydrogens is 456 g/mol. The molecule has 9 nitrogen and oxygen atoms in total. The molecule has 1 aliphatic heterocycles. The lowest BCUT2D eigenvalue weighted by Crippen LogP contribution is -2.29. The molecule has 34 heavy (non-hydrogen) atoms. The van der Waals surface area contributed by atoms with Crippen LogP contribution >= 0.6 is 11.3 Å². The van der Waals surface area contributed by atoms with Crippen LogP contribution in [0.2, 0.25) is 0 Å². The number of fused-ring (bicyclic) bond motifs is 1. The molecular formula is C24H16N4O5S. The number of nitrogens with zero attached hydrogens (tertiary/aromatic N) is 4. The van der Waals surface area contributed by atoms with Crippen LogP contribution in [0.1, 0.15) is 17.2 Å². The first kappa shape index (κ1) is 21.4. The van der Waals surface area contributed by atoms with Gasteiger partial charge in [0.2, 0.25) is 0 Å². The zero-order valence-corrected chi connectivity index (χ0v) is 18.5. The van der Waals surface area contributed by atoms with Crippen molar-refractivity contribution in [2.24, 2.45) is 5.18 Å². The van der Waals surface area contributed by atoms with Gasteiger partial charge < -0.3 is 9.84 Å². The van der Waals surface area contributed by atoms with Crippen molar-refractivity contribution in [2.75, 3.05) is 12.0 Å². The van der Waals surface area contributed by atoms with Crippen LogP contribution in [0, 0.1) is 4.91 Å². The number of aliphatic hydroxyl groups excluding tert-OH is 1. The van der Waals surface area contributed by atoms with Crippen LogP contribution in [-0.4, -0.2) is 33.9 Å². The predicted octanol–water partition coefficient (Wildman–Crippen LogP) is 4.72. The number of pyridine rings is 1. The van der Waals surface area contributed by atoms with Gasteiger partial charge >= 0.3 is 5.91 Å². The maximum Gasteiger partial charge on any atom is 0.301 e. The van der Waals surface area contributed by atoms with E-state index in [-0.39, 0.29) is 27.7 Å². The molecule has 2 aromatic heterocycles. The topological polar surface area (TPSA) is 122 Å². The van der Waals surface area contributed by atoms with Crippen LogP contribution in [0.4, 0.5) is 10.8 Å². The van der Waals surface area contributed by atoms with E-state index < -0.39 is 17.7 Å². The Balaban J connectivity index is 1.74. The molecule has 1 N–H and O–H groups in total. The average Bonchev–Trinajstić information content (AvgIpc) is 3.41. The number of carbonyl (C=O) groups is 2. The average molecular weight is 472 g/mol. The van der Waals surface area contributed by atoms with E-state index in [9.17, 15) is 19.6 Å². The number of hydrogen-bond donors (Lipinski definition) is 1. The van der Waals surface area contributed by atoms with Gasteiger partial charge in [-0.05, 0) is 53.2 Å². The number of hydrogen-bond acceptors (Lipinski definition) is 9. The summed E-state index contributed by atoms with van der Waals surface area (Å²) in [5.41, 5.74) is 1.33. The summed E-state index contributed by atoms with van der Waals surface area (Å²) in [5, 5.41) is 14.3. The molecule has 0 bridgehead atoms. The number of thiazole rings is 1. The summed E-state index contributed by atoms with van der Waals surface area (Å²) in [4.78, 5) is 47.4. The number of rotatable bonds is 5. The Kier molecular flexibility index (Phi) is 5.34. The van der Waals surface area contributed by atoms with Crippen LogP contribution in [-0.2, 0) is 9.59 Å². The van der Waals surface area contributed by atoms with E-state index in [1.54, 1.807) is 49.6 Å². The first-order chi connectivity index (χ1) is 16.5. The summed E-state index contributed by atoms with van der Waals surface area (Å²) >= 11 is 1.21. The van der Waals surface area contributed by atoms with E-state index in [0.29, 0.717) is 16.8 Å². The summed E-state index contributed by atoms with van der Waals surface area (Å²) in [6.45, 7) is 0. The van der Waals surface area contributed by atoms with Gasteiger partial charge in [0.15, 0.2) is 5.13 Å². The fourth-order valence-electron chi connectivity index (χ4n) is 3.88. The number of ether oxygens (including phenoxy) is 1. The highest BCUT2D eigenvalue weighted by Gasteiger charge is 2.48. The second kappa shape index (κ2) is 8.49. The van der Waals surface area contributed by atoms with Gasteiger partial charge in [0.1, 0.15) is 17.2 Å². The van der Waals surface area contributed by atoms with E-state index in [1.807, 2.05) is 0 Å². The van der Waals surface area contributed by atoms with Crippen molar-refractivity contribution in [1.82, 2.24) is 9.97 Å². The Morgan fingerprint density at radius 3 is 2.74 bits per heavy atom. The standard InChI is InChI=1S/C24H16N4O5S/c1-33-16-7-8-17-18(11-16)34-24(26-17)28-20(13-4-2-6-15(10-13)27-32)19(22(30)23(28)31)21(29)14-5-3-9-25-12-14/h2-12,20,29H,1H3/b21-19+. The van der Waals surface area contributed by atoms with Crippen LogP contribution < -0.4 is 9.64 Å². The minimum atomic E-state index is -1.02. The zero-order chi connectivity index (χ0) is 23.8. The minimum Gasteiger partial charge on any atom is -0.507 e. The second-order valence-corrected chi connectivity index (χ2v) is 8.44. The van der Waals surface area contributed by atoms with Crippen molar-refractivity contribution in [3.63, 3.8) is 0 Å². The molecule has 1 fully saturated rings. The molecule has 4 aromatic rings. The summed E-state index contributed by atoms with van der Waals surface area (Å²) < 4.78 is 6.02. The molecule has 3 heterocycles. The number of aromatic nitrogens is 2. The number of anilines is 1. The van der Waals surface area contributed by atoms with Gasteiger partial charge in [0, 0.05) is 18.0 Å². The lowest BCUT2D eigenvalue weighted by atomic mass is 9.95. The maximum absolute atomic E-state index is 13.3. The third-order valence-electron chi connectivity index (χ3n) is 5.46. The first-order valence-electron chi connectivity index (χ1n) is 10.1. The molecule has 1 atom stereocenters. The molecule has 2 aromatic carbocycles. The van der Waals surface area contributed by atoms with Crippen molar-refractivity contribution >= 4 is 49.8 Å². The van der Waals surface area contributed by atoms with E-state index >= 15 is 0 Å². The number of carbonyl (C=O) groups excluding carboxylic acids is 2. The number of amides is 1. The van der Waals surface area contributed by atoms with Gasteiger partial charge in [0.05, 0.1) is 28.9 Å². The Morgan fingerprint density at radius 2 is 2.00 bits per heavy atom. The smallest absolute Gasteiger partial charge is 0.301 e. The lowest BCUT2D eigenvalue weighted by molar-refractivity contribution is -0.132. The molecule has 0 radical (unpaired) electrons. The lowest BCUT2D eigenvalue weighted by Gasteiger charge is -2.23. The summed E-state index contributed by atoms with van der Waals surface area (Å²) in [5.74, 6) is -1.45. The third-order valence-corrected chi connectivity index (χ3v) is 6.48. The molecule has 1 amide bonds. The molecule has 0 spiro atoms. The second-order valence-electron chi connectivity index (χ2n) is 7.43. The molecule has 5 rings (SSSR count). The predicted molar refractivity (Wildman–Crippen MR) is 127 cm³/mol. The maximum atomic E-state index is 13.3. The van der Waals surface area contributed by atoms with Crippen LogP contribution in [0.5, 0.6) is 5.75 Å². The number of Topliss-reactive ketones (excluding diaryl/α,β-unsaturated/α-hetero) is 1. The minimum absolute atomic E-state index is 0.124.